The van der Waals surface area contributed by atoms with E-state index in [2.05, 4.69) is 30.0 Å². The Bertz CT molecular complexity index is 684. The van der Waals surface area contributed by atoms with Gasteiger partial charge in [-0.25, -0.2) is 28.8 Å². The van der Waals surface area contributed by atoms with Crippen LogP contribution in [0.5, 0.6) is 0 Å². The predicted molar refractivity (Wildman–Crippen MR) is 79.7 cm³/mol. The molecule has 26 heavy (non-hydrogen) atoms. The first kappa shape index (κ1) is 20.3. The molecule has 1 rings (SSSR count). The van der Waals surface area contributed by atoms with E-state index in [9.17, 15) is 28.8 Å². The summed E-state index contributed by atoms with van der Waals surface area (Å²) in [4.78, 5) is 85.6. The third-order valence-corrected chi connectivity index (χ3v) is 4.20. The van der Waals surface area contributed by atoms with Crippen LogP contribution in [0.25, 0.3) is 0 Å². The number of aliphatic imine (C=N–C) groups is 6. The van der Waals surface area contributed by atoms with Crippen molar-refractivity contribution in [1.82, 2.24) is 0 Å². The summed E-state index contributed by atoms with van der Waals surface area (Å²) in [5, 5.41) is 0. The lowest BCUT2D eigenvalue weighted by Crippen LogP contribution is -2.58. The first-order chi connectivity index (χ1) is 12.6. The van der Waals surface area contributed by atoms with Gasteiger partial charge in [-0.2, -0.15) is 0 Å². The van der Waals surface area contributed by atoms with Gasteiger partial charge in [-0.15, -0.1) is 30.0 Å². The Morgan fingerprint density at radius 1 is 0.500 bits per heavy atom. The fraction of sp³-hybridized carbons (Fsp3) is 0.571. The van der Waals surface area contributed by atoms with Gasteiger partial charge in [0.05, 0.1) is 0 Å². The zero-order valence-electron chi connectivity index (χ0n) is 13.2. The van der Waals surface area contributed by atoms with Crippen LogP contribution < -0.4 is 0 Å². The highest BCUT2D eigenvalue weighted by molar-refractivity contribution is 5.48. The minimum absolute atomic E-state index is 0.101. The molecule has 1 fully saturated rings. The van der Waals surface area contributed by atoms with Gasteiger partial charge >= 0.3 is 0 Å². The maximum Gasteiger partial charge on any atom is 0.289 e. The normalized spacial score (nSPS) is 18.9. The van der Waals surface area contributed by atoms with Gasteiger partial charge in [0.25, 0.3) is 11.6 Å². The van der Waals surface area contributed by atoms with Crippen molar-refractivity contribution in [2.75, 3.05) is 0 Å². The molecule has 0 aromatic rings. The van der Waals surface area contributed by atoms with Crippen LogP contribution in [0.4, 0.5) is 0 Å². The minimum Gasteiger partial charge on any atom is -0.211 e. The molecule has 0 heterocycles. The molecule has 0 spiro atoms. The van der Waals surface area contributed by atoms with Crippen LogP contribution in [0.1, 0.15) is 32.1 Å². The second kappa shape index (κ2) is 8.94. The maximum atomic E-state index is 11.0. The van der Waals surface area contributed by atoms with Crippen molar-refractivity contribution in [1.29, 1.82) is 0 Å². The smallest absolute Gasteiger partial charge is 0.211 e. The lowest BCUT2D eigenvalue weighted by molar-refractivity contribution is -0.000223. The Morgan fingerprint density at radius 2 is 0.769 bits per heavy atom. The Kier molecular flexibility index (Phi) is 6.99. The summed E-state index contributed by atoms with van der Waals surface area (Å²) in [6, 6.07) is 0. The molecule has 0 amide bonds. The summed E-state index contributed by atoms with van der Waals surface area (Å²) in [6.45, 7) is 0. The minimum atomic E-state index is -2.61. The van der Waals surface area contributed by atoms with Crippen molar-refractivity contribution in [3.63, 3.8) is 0 Å². The Hall–Kier alpha value is -3.72. The third-order valence-electron chi connectivity index (χ3n) is 4.20. The molecule has 0 saturated heterocycles. The lowest BCUT2D eigenvalue weighted by Gasteiger charge is -2.47. The molecule has 0 aromatic carbocycles. The van der Waals surface area contributed by atoms with Crippen molar-refractivity contribution < 1.29 is 28.8 Å². The number of hydrogen-bond acceptors (Lipinski definition) is 12. The van der Waals surface area contributed by atoms with E-state index in [1.54, 1.807) is 0 Å². The number of hydrogen-bond donors (Lipinski definition) is 0. The zero-order chi connectivity index (χ0) is 19.5. The van der Waals surface area contributed by atoms with Gasteiger partial charge in [-0.1, -0.05) is 19.3 Å². The van der Waals surface area contributed by atoms with Crippen molar-refractivity contribution in [2.24, 2.45) is 35.4 Å². The Morgan fingerprint density at radius 3 is 1.00 bits per heavy atom. The molecule has 0 bridgehead atoms. The predicted octanol–water partition coefficient (Wildman–Crippen LogP) is 0.259. The quantitative estimate of drug-likeness (QED) is 0.443. The van der Waals surface area contributed by atoms with Crippen molar-refractivity contribution in [2.45, 2.75) is 43.7 Å². The molecule has 132 valence electrons. The topological polar surface area (TPSA) is 177 Å². The van der Waals surface area contributed by atoms with Gasteiger partial charge in [0, 0.05) is 0 Å². The molecule has 1 aliphatic carbocycles. The molecule has 12 nitrogen and oxygen atoms in total. The zero-order valence-corrected chi connectivity index (χ0v) is 13.2. The molecule has 0 N–H and O–H groups in total. The molecule has 0 radical (unpaired) electrons. The SMILES string of the molecule is O=C=NC(N=C=O)(N=C=O)C1(C(N=C=O)(N=C=O)N=C=O)CCCCC1. The average Bonchev–Trinajstić information content (AvgIpc) is 2.63. The van der Waals surface area contributed by atoms with E-state index in [4.69, 9.17) is 0 Å². The molecule has 0 atom stereocenters. The van der Waals surface area contributed by atoms with Crippen molar-refractivity contribution >= 4 is 36.5 Å². The lowest BCUT2D eigenvalue weighted by atomic mass is 9.64. The molecule has 0 aromatic heterocycles. The highest BCUT2D eigenvalue weighted by Gasteiger charge is 2.67. The summed E-state index contributed by atoms with van der Waals surface area (Å²) in [7, 11) is 0. The summed E-state index contributed by atoms with van der Waals surface area (Å²) in [5.41, 5.74) is -1.96. The van der Waals surface area contributed by atoms with Crippen LogP contribution in [-0.2, 0) is 28.8 Å². The number of rotatable bonds is 8. The standard InChI is InChI=1S/C14H10N6O6/c21-6-15-13(16-7-22,17-8-23)12(4-2-1-3-5-12)14(18-9-24,19-10-25)20-11-26/h1-5H2. The largest absolute Gasteiger partial charge is 0.289 e. The first-order valence-electron chi connectivity index (χ1n) is 7.12. The Balaban J connectivity index is 4.17. The molecule has 1 aliphatic rings. The van der Waals surface area contributed by atoms with E-state index < -0.39 is 17.0 Å². The van der Waals surface area contributed by atoms with Gasteiger partial charge in [-0.05, 0) is 12.8 Å². The molecule has 0 aliphatic heterocycles. The third kappa shape index (κ3) is 3.23. The van der Waals surface area contributed by atoms with E-state index in [0.717, 1.165) is 36.5 Å². The highest BCUT2D eigenvalue weighted by Crippen LogP contribution is 2.57. The number of carbonyl (C=O) groups excluding carboxylic acids is 6. The fourth-order valence-electron chi connectivity index (χ4n) is 3.23. The second-order valence-corrected chi connectivity index (χ2v) is 5.13. The molecular formula is C14H10N6O6. The van der Waals surface area contributed by atoms with E-state index in [-0.39, 0.29) is 12.8 Å². The Labute approximate surface area is 145 Å². The van der Waals surface area contributed by atoms with Crippen LogP contribution >= 0.6 is 0 Å². The van der Waals surface area contributed by atoms with Crippen molar-refractivity contribution in [3.05, 3.63) is 0 Å². The van der Waals surface area contributed by atoms with E-state index in [1.807, 2.05) is 0 Å². The van der Waals surface area contributed by atoms with Crippen LogP contribution in [0.2, 0.25) is 0 Å². The van der Waals surface area contributed by atoms with E-state index >= 15 is 0 Å². The van der Waals surface area contributed by atoms with Crippen LogP contribution in [0, 0.1) is 5.41 Å². The van der Waals surface area contributed by atoms with Gasteiger partial charge in [0.15, 0.2) is 0 Å². The van der Waals surface area contributed by atoms with Gasteiger partial charge < -0.3 is 0 Å². The maximum absolute atomic E-state index is 11.0. The monoisotopic (exact) mass is 358 g/mol. The second-order valence-electron chi connectivity index (χ2n) is 5.13. The summed E-state index contributed by atoms with van der Waals surface area (Å²) < 4.78 is 0. The van der Waals surface area contributed by atoms with Crippen LogP contribution in [-0.4, -0.2) is 48.1 Å². The van der Waals surface area contributed by atoms with Gasteiger partial charge in [0.1, 0.15) is 5.41 Å². The fourth-order valence-corrected chi connectivity index (χ4v) is 3.23. The van der Waals surface area contributed by atoms with Gasteiger partial charge in [0.2, 0.25) is 36.5 Å². The van der Waals surface area contributed by atoms with Crippen LogP contribution in [0.15, 0.2) is 30.0 Å². The van der Waals surface area contributed by atoms with Gasteiger partial charge in [-0.3, -0.25) is 0 Å². The first-order valence-corrected chi connectivity index (χ1v) is 7.12. The molecule has 1 saturated carbocycles. The van der Waals surface area contributed by atoms with E-state index in [1.165, 1.54) is 0 Å². The number of isocyanates is 6. The summed E-state index contributed by atoms with van der Waals surface area (Å²) >= 11 is 0. The van der Waals surface area contributed by atoms with Crippen molar-refractivity contribution in [3.8, 4) is 0 Å². The molecular weight excluding hydrogens is 348 g/mol. The van der Waals surface area contributed by atoms with Crippen LogP contribution in [0.3, 0.4) is 0 Å². The summed E-state index contributed by atoms with van der Waals surface area (Å²) in [5.74, 6) is -5.22. The average molecular weight is 358 g/mol. The highest BCUT2D eigenvalue weighted by atomic mass is 16.1. The number of nitrogens with zero attached hydrogens (tertiary/aromatic N) is 6. The summed E-state index contributed by atoms with van der Waals surface area (Å²) in [6.07, 6.45) is 7.81. The molecule has 12 heteroatoms. The van der Waals surface area contributed by atoms with E-state index in [0.29, 0.717) is 19.3 Å². The molecule has 0 unspecified atom stereocenters.